The van der Waals surface area contributed by atoms with Crippen LogP contribution in [0.1, 0.15) is 38.2 Å². The van der Waals surface area contributed by atoms with Crippen LogP contribution in [-0.2, 0) is 9.59 Å². The van der Waals surface area contributed by atoms with Crippen LogP contribution in [0.3, 0.4) is 0 Å². The van der Waals surface area contributed by atoms with Gasteiger partial charge in [0, 0.05) is 81.0 Å². The summed E-state index contributed by atoms with van der Waals surface area (Å²) >= 11 is 6.36. The molecule has 0 spiro atoms. The second kappa shape index (κ2) is 9.21. The van der Waals surface area contributed by atoms with E-state index in [1.165, 1.54) is 6.42 Å². The molecule has 0 aliphatic carbocycles. The number of hydrogen-bond donors (Lipinski definition) is 0. The number of nitrogens with zero attached hydrogens (tertiary/aromatic N) is 4. The third kappa shape index (κ3) is 4.60. The van der Waals surface area contributed by atoms with Crippen LogP contribution in [0.2, 0.25) is 5.02 Å². The van der Waals surface area contributed by atoms with Crippen molar-refractivity contribution in [2.75, 3.05) is 51.2 Å². The van der Waals surface area contributed by atoms with Gasteiger partial charge in [-0.05, 0) is 50.1 Å². The summed E-state index contributed by atoms with van der Waals surface area (Å²) in [6.45, 7) is 10.1. The summed E-state index contributed by atoms with van der Waals surface area (Å²) in [4.78, 5) is 32.9. The number of anilines is 1. The summed E-state index contributed by atoms with van der Waals surface area (Å²) in [5.41, 5.74) is 3.36. The molecule has 1 aromatic rings. The summed E-state index contributed by atoms with van der Waals surface area (Å²) < 4.78 is 0. The third-order valence-corrected chi connectivity index (χ3v) is 7.53. The molecule has 7 heteroatoms. The lowest BCUT2D eigenvalue weighted by Crippen LogP contribution is -2.50. The van der Waals surface area contributed by atoms with E-state index in [4.69, 9.17) is 11.6 Å². The largest absolute Gasteiger partial charge is 0.370 e. The van der Waals surface area contributed by atoms with Crippen LogP contribution in [0.4, 0.5) is 5.69 Å². The van der Waals surface area contributed by atoms with E-state index < -0.39 is 0 Å². The lowest BCUT2D eigenvalue weighted by Gasteiger charge is -2.35. The first kappa shape index (κ1) is 22.2. The van der Waals surface area contributed by atoms with Gasteiger partial charge in [-0.15, -0.1) is 0 Å². The van der Waals surface area contributed by atoms with Crippen molar-refractivity contribution in [1.29, 1.82) is 0 Å². The van der Waals surface area contributed by atoms with Crippen molar-refractivity contribution in [2.24, 2.45) is 0 Å². The zero-order valence-corrected chi connectivity index (χ0v) is 19.4. The minimum atomic E-state index is 0.0820. The molecule has 3 aliphatic heterocycles. The van der Waals surface area contributed by atoms with Gasteiger partial charge in [0.1, 0.15) is 0 Å². The first-order valence-electron chi connectivity index (χ1n) is 11.3. The maximum atomic E-state index is 12.9. The molecule has 6 nitrogen and oxygen atoms in total. The van der Waals surface area contributed by atoms with Crippen LogP contribution in [0.5, 0.6) is 0 Å². The van der Waals surface area contributed by atoms with Crippen molar-refractivity contribution in [3.05, 3.63) is 35.4 Å². The second-order valence-electron chi connectivity index (χ2n) is 9.01. The maximum absolute atomic E-state index is 12.9. The number of rotatable bonds is 3. The zero-order chi connectivity index (χ0) is 22.1. The van der Waals surface area contributed by atoms with Crippen molar-refractivity contribution < 1.29 is 9.59 Å². The molecule has 1 aromatic carbocycles. The van der Waals surface area contributed by atoms with Crippen molar-refractivity contribution >= 4 is 34.7 Å². The summed E-state index contributed by atoms with van der Waals surface area (Å²) in [6.07, 6.45) is 3.87. The van der Waals surface area contributed by atoms with Crippen molar-refractivity contribution in [2.45, 2.75) is 44.7 Å². The van der Waals surface area contributed by atoms with Gasteiger partial charge in [0.2, 0.25) is 11.8 Å². The highest BCUT2D eigenvalue weighted by Crippen LogP contribution is 2.39. The van der Waals surface area contributed by atoms with E-state index in [1.807, 2.05) is 21.9 Å². The van der Waals surface area contributed by atoms with E-state index in [-0.39, 0.29) is 11.8 Å². The van der Waals surface area contributed by atoms with Gasteiger partial charge in [0.05, 0.1) is 0 Å². The first-order valence-corrected chi connectivity index (χ1v) is 11.7. The van der Waals surface area contributed by atoms with E-state index in [9.17, 15) is 9.59 Å². The van der Waals surface area contributed by atoms with Crippen LogP contribution in [-0.4, -0.2) is 84.9 Å². The molecule has 0 aromatic heterocycles. The molecule has 2 amide bonds. The second-order valence-corrected chi connectivity index (χ2v) is 9.45. The fourth-order valence-corrected chi connectivity index (χ4v) is 5.49. The van der Waals surface area contributed by atoms with Gasteiger partial charge in [-0.3, -0.25) is 14.5 Å². The summed E-state index contributed by atoms with van der Waals surface area (Å²) in [5.74, 6) is 0.245. The van der Waals surface area contributed by atoms with Crippen LogP contribution >= 0.6 is 11.6 Å². The minimum Gasteiger partial charge on any atom is -0.370 e. The Kier molecular flexibility index (Phi) is 6.58. The number of hydrogen-bond acceptors (Lipinski definition) is 4. The Bertz CT molecular complexity index is 865. The lowest BCUT2D eigenvalue weighted by molar-refractivity contribution is -0.138. The van der Waals surface area contributed by atoms with Gasteiger partial charge in [-0.1, -0.05) is 18.2 Å². The predicted octanol–water partition coefficient (Wildman–Crippen LogP) is 3.11. The summed E-state index contributed by atoms with van der Waals surface area (Å²) in [6, 6.07) is 6.94. The molecule has 31 heavy (non-hydrogen) atoms. The Balaban J connectivity index is 1.48. The van der Waals surface area contributed by atoms with Gasteiger partial charge >= 0.3 is 0 Å². The van der Waals surface area contributed by atoms with Gasteiger partial charge in [0.15, 0.2) is 0 Å². The standard InChI is InChI=1S/C24H33ClN4O2/c1-17-21-16-19(25)4-6-23(21)28(10-8-20-5-7-22(17)26(20)3)11-9-24(31)29-14-12-27(13-15-29)18(2)30/h4,6,16,20,22H,1,5,7-15H2,2-3H3. The van der Waals surface area contributed by atoms with Crippen LogP contribution in [0.15, 0.2) is 24.8 Å². The number of carbonyl (C=O) groups is 2. The molecule has 2 atom stereocenters. The number of halogens is 1. The highest BCUT2D eigenvalue weighted by Gasteiger charge is 2.35. The Hall–Kier alpha value is -2.05. The van der Waals surface area contributed by atoms with E-state index >= 15 is 0 Å². The number of likely N-dealkylation sites (N-methyl/N-ethyl adjacent to an activating group) is 1. The van der Waals surface area contributed by atoms with Gasteiger partial charge in [0.25, 0.3) is 0 Å². The monoisotopic (exact) mass is 444 g/mol. The molecule has 0 radical (unpaired) electrons. The highest BCUT2D eigenvalue weighted by atomic mass is 35.5. The fraction of sp³-hybridized carbons (Fsp3) is 0.583. The number of fused-ring (bicyclic) bond motifs is 3. The van der Waals surface area contributed by atoms with Crippen molar-refractivity contribution in [3.63, 3.8) is 0 Å². The first-order chi connectivity index (χ1) is 14.8. The molecular formula is C24H33ClN4O2. The quantitative estimate of drug-likeness (QED) is 0.718. The van der Waals surface area contributed by atoms with E-state index in [1.54, 1.807) is 6.92 Å². The maximum Gasteiger partial charge on any atom is 0.224 e. The summed E-state index contributed by atoms with van der Waals surface area (Å²) in [7, 11) is 2.21. The molecule has 3 aliphatic rings. The molecule has 3 heterocycles. The Morgan fingerprint density at radius 3 is 2.48 bits per heavy atom. The van der Waals surface area contributed by atoms with Crippen LogP contribution in [0, 0.1) is 0 Å². The number of amides is 2. The third-order valence-electron chi connectivity index (χ3n) is 7.29. The molecular weight excluding hydrogens is 412 g/mol. The van der Waals surface area contributed by atoms with Crippen molar-refractivity contribution in [1.82, 2.24) is 14.7 Å². The zero-order valence-electron chi connectivity index (χ0n) is 18.6. The molecule has 2 saturated heterocycles. The Morgan fingerprint density at radius 2 is 1.77 bits per heavy atom. The Morgan fingerprint density at radius 1 is 1.06 bits per heavy atom. The fourth-order valence-electron chi connectivity index (χ4n) is 5.32. The van der Waals surface area contributed by atoms with Gasteiger partial charge in [-0.2, -0.15) is 0 Å². The molecule has 2 unspecified atom stereocenters. The van der Waals surface area contributed by atoms with Crippen molar-refractivity contribution in [3.8, 4) is 0 Å². The van der Waals surface area contributed by atoms with E-state index in [2.05, 4.69) is 29.5 Å². The van der Waals surface area contributed by atoms with Gasteiger partial charge in [-0.25, -0.2) is 0 Å². The number of benzene rings is 1. The molecule has 2 bridgehead atoms. The average molecular weight is 445 g/mol. The predicted molar refractivity (Wildman–Crippen MR) is 125 cm³/mol. The molecule has 4 rings (SSSR count). The summed E-state index contributed by atoms with van der Waals surface area (Å²) in [5, 5.41) is 0.718. The molecule has 2 fully saturated rings. The highest BCUT2D eigenvalue weighted by molar-refractivity contribution is 6.30. The topological polar surface area (TPSA) is 47.1 Å². The minimum absolute atomic E-state index is 0.0820. The number of carbonyl (C=O) groups excluding carboxylic acids is 2. The number of piperazine rings is 1. The normalized spacial score (nSPS) is 24.5. The van der Waals surface area contributed by atoms with Gasteiger partial charge < -0.3 is 14.7 Å². The average Bonchev–Trinajstić information content (AvgIpc) is 3.14. The lowest BCUT2D eigenvalue weighted by atomic mass is 9.95. The molecule has 0 saturated carbocycles. The van der Waals surface area contributed by atoms with E-state index in [0.717, 1.165) is 41.2 Å². The smallest absolute Gasteiger partial charge is 0.224 e. The SMILES string of the molecule is C=C1c2cc(Cl)ccc2N(CCC(=O)N2CCN(C(C)=O)CC2)CCC2CCC1N2C. The Labute approximate surface area is 190 Å². The van der Waals surface area contributed by atoms with Crippen LogP contribution in [0.25, 0.3) is 5.57 Å². The van der Waals surface area contributed by atoms with E-state index in [0.29, 0.717) is 51.2 Å². The molecule has 0 N–H and O–H groups in total. The van der Waals surface area contributed by atoms with Crippen LogP contribution < -0.4 is 4.90 Å². The molecule has 168 valence electrons.